The number of piperazine rings is 1. The fraction of sp³-hybridized carbons (Fsp3) is 0.543. The zero-order chi connectivity index (χ0) is 31.6. The van der Waals surface area contributed by atoms with Gasteiger partial charge in [-0.2, -0.15) is 0 Å². The lowest BCUT2D eigenvalue weighted by molar-refractivity contribution is -0.141. The van der Waals surface area contributed by atoms with Crippen molar-refractivity contribution in [2.45, 2.75) is 82.5 Å². The Morgan fingerprint density at radius 3 is 2.65 bits per heavy atom. The number of hydrogen-bond donors (Lipinski definition) is 0. The van der Waals surface area contributed by atoms with Crippen molar-refractivity contribution in [1.82, 2.24) is 29.2 Å². The van der Waals surface area contributed by atoms with Crippen molar-refractivity contribution >= 4 is 39.5 Å². The maximum atomic E-state index is 14.6. The highest BCUT2D eigenvalue weighted by Crippen LogP contribution is 2.39. The van der Waals surface area contributed by atoms with Crippen molar-refractivity contribution in [3.05, 3.63) is 81.1 Å². The molecule has 4 heterocycles. The number of rotatable bonds is 5. The van der Waals surface area contributed by atoms with Gasteiger partial charge < -0.3 is 14.2 Å². The molecule has 7 rings (SSSR count). The number of carbonyl (C=O) groups is 2. The molecule has 4 aliphatic rings. The van der Waals surface area contributed by atoms with E-state index in [4.69, 9.17) is 21.3 Å². The number of imidazole rings is 1. The maximum Gasteiger partial charge on any atom is 0.410 e. The van der Waals surface area contributed by atoms with Gasteiger partial charge in [0, 0.05) is 67.4 Å². The third-order valence-corrected chi connectivity index (χ3v) is 10.9. The molecular formula is C35H42BrClN6O3. The molecule has 3 atom stereocenters. The van der Waals surface area contributed by atoms with Crippen molar-refractivity contribution < 1.29 is 14.3 Å². The summed E-state index contributed by atoms with van der Waals surface area (Å²) >= 11 is 10.1. The van der Waals surface area contributed by atoms with Gasteiger partial charge in [0.25, 0.3) is 0 Å². The van der Waals surface area contributed by atoms with Crippen LogP contribution in [0.4, 0.5) is 4.79 Å². The molecule has 2 amide bonds. The Balaban J connectivity index is 1.19. The number of nitrogens with zero attached hydrogens (tertiary/aromatic N) is 6. The van der Waals surface area contributed by atoms with Crippen molar-refractivity contribution in [2.24, 2.45) is 5.92 Å². The lowest BCUT2D eigenvalue weighted by atomic mass is 9.94. The molecule has 0 N–H and O–H groups in total. The molecule has 9 nitrogen and oxygen atoms in total. The number of ether oxygens (including phenoxy) is 1. The first kappa shape index (κ1) is 31.6. The topological polar surface area (TPSA) is 83.8 Å². The number of aromatic nitrogens is 3. The summed E-state index contributed by atoms with van der Waals surface area (Å²) in [6.07, 6.45) is 15.9. The van der Waals surface area contributed by atoms with Crippen LogP contribution in [0.3, 0.4) is 0 Å². The largest absolute Gasteiger partial charge is 0.446 e. The van der Waals surface area contributed by atoms with Crippen LogP contribution in [0.1, 0.15) is 73.4 Å². The Kier molecular flexibility index (Phi) is 9.65. The summed E-state index contributed by atoms with van der Waals surface area (Å²) in [6.45, 7) is 3.63. The first-order valence-corrected chi connectivity index (χ1v) is 18.0. The molecule has 2 aliphatic heterocycles. The van der Waals surface area contributed by atoms with Gasteiger partial charge in [-0.05, 0) is 108 Å². The molecule has 0 spiro atoms. The van der Waals surface area contributed by atoms with Gasteiger partial charge in [-0.3, -0.25) is 19.6 Å². The summed E-state index contributed by atoms with van der Waals surface area (Å²) in [7, 11) is 0. The Bertz CT molecular complexity index is 1490. The summed E-state index contributed by atoms with van der Waals surface area (Å²) in [4.78, 5) is 43.6. The van der Waals surface area contributed by atoms with Crippen LogP contribution in [0.25, 0.3) is 0 Å². The molecule has 11 heteroatoms. The fourth-order valence-corrected chi connectivity index (χ4v) is 8.54. The summed E-state index contributed by atoms with van der Waals surface area (Å²) < 4.78 is 9.13. The quantitative estimate of drug-likeness (QED) is 0.311. The van der Waals surface area contributed by atoms with E-state index in [0.29, 0.717) is 38.6 Å². The lowest BCUT2D eigenvalue weighted by Crippen LogP contribution is -2.62. The van der Waals surface area contributed by atoms with Gasteiger partial charge in [-0.25, -0.2) is 9.78 Å². The summed E-state index contributed by atoms with van der Waals surface area (Å²) in [5.41, 5.74) is 4.56. The predicted molar refractivity (Wildman–Crippen MR) is 180 cm³/mol. The summed E-state index contributed by atoms with van der Waals surface area (Å²) in [5.74, 6) is 0.344. The van der Waals surface area contributed by atoms with Crippen molar-refractivity contribution in [1.29, 1.82) is 0 Å². The monoisotopic (exact) mass is 708 g/mol. The second kappa shape index (κ2) is 14.0. The SMILES string of the molecule is O=C([C@H]1CN([C@@H]2c3ccc(Cl)cc3CCc3cc(Br)cnc32)CCN1C(=O)OC1CCCCC1)N1CCC[C@@H](Cn2ccnc2)C1. The van der Waals surface area contributed by atoms with Crippen LogP contribution in [-0.2, 0) is 28.9 Å². The number of pyridine rings is 1. The molecule has 2 aromatic heterocycles. The van der Waals surface area contributed by atoms with Gasteiger partial charge in [0.2, 0.25) is 5.91 Å². The van der Waals surface area contributed by atoms with E-state index >= 15 is 0 Å². The third kappa shape index (κ3) is 6.85. The number of piperidine rings is 1. The Morgan fingerprint density at radius 1 is 0.978 bits per heavy atom. The highest BCUT2D eigenvalue weighted by Gasteiger charge is 2.43. The first-order valence-electron chi connectivity index (χ1n) is 16.8. The normalized spacial score (nSPS) is 24.2. The molecule has 2 saturated heterocycles. The number of hydrogen-bond acceptors (Lipinski definition) is 6. The van der Waals surface area contributed by atoms with E-state index in [2.05, 4.69) is 48.6 Å². The van der Waals surface area contributed by atoms with Crippen molar-refractivity contribution in [3.63, 3.8) is 0 Å². The molecule has 1 aromatic carbocycles. The average molecular weight is 710 g/mol. The van der Waals surface area contributed by atoms with Gasteiger partial charge >= 0.3 is 6.09 Å². The highest BCUT2D eigenvalue weighted by molar-refractivity contribution is 9.10. The third-order valence-electron chi connectivity index (χ3n) is 10.3. The van der Waals surface area contributed by atoms with Crippen LogP contribution in [0, 0.1) is 5.92 Å². The van der Waals surface area contributed by atoms with E-state index in [1.54, 1.807) is 11.1 Å². The minimum Gasteiger partial charge on any atom is -0.446 e. The minimum atomic E-state index is -0.644. The van der Waals surface area contributed by atoms with Crippen LogP contribution in [0.2, 0.25) is 5.02 Å². The van der Waals surface area contributed by atoms with E-state index in [1.807, 2.05) is 29.7 Å². The molecule has 0 radical (unpaired) electrons. The molecule has 2 aliphatic carbocycles. The molecule has 3 fully saturated rings. The van der Waals surface area contributed by atoms with Crippen molar-refractivity contribution in [2.75, 3.05) is 32.7 Å². The van der Waals surface area contributed by atoms with E-state index in [9.17, 15) is 9.59 Å². The first-order chi connectivity index (χ1) is 22.4. The standard InChI is InChI=1S/C35H42BrClN6O3/c36-27-17-26-9-8-25-18-28(37)10-11-30(25)33(32(26)39-19-27)41-15-16-43(35(45)46-29-6-2-1-3-7-29)31(22-41)34(44)42-13-4-5-24(21-42)20-40-14-12-38-23-40/h10-12,14,17-19,23-24,29,31,33H,1-9,13,15-16,20-22H2/t24-,31+,33+/m0/s1. The van der Waals surface area contributed by atoms with Crippen LogP contribution in [0.15, 0.2) is 53.7 Å². The zero-order valence-electron chi connectivity index (χ0n) is 26.2. The molecule has 244 valence electrons. The Hall–Kier alpha value is -2.95. The van der Waals surface area contributed by atoms with Gasteiger partial charge in [0.05, 0.1) is 18.1 Å². The Labute approximate surface area is 284 Å². The Morgan fingerprint density at radius 2 is 1.83 bits per heavy atom. The molecule has 0 bridgehead atoms. The summed E-state index contributed by atoms with van der Waals surface area (Å²) in [6, 6.07) is 7.50. The van der Waals surface area contributed by atoms with Crippen LogP contribution < -0.4 is 0 Å². The number of amides is 2. The number of aryl methyl sites for hydroxylation is 2. The van der Waals surface area contributed by atoms with Crippen molar-refractivity contribution in [3.8, 4) is 0 Å². The number of benzene rings is 1. The van der Waals surface area contributed by atoms with Crippen LogP contribution in [-0.4, -0.2) is 86.1 Å². The van der Waals surface area contributed by atoms with Gasteiger partial charge in [0.1, 0.15) is 12.1 Å². The maximum absolute atomic E-state index is 14.6. The average Bonchev–Trinajstić information content (AvgIpc) is 3.53. The number of carbonyl (C=O) groups excluding carboxylic acids is 2. The fourth-order valence-electron chi connectivity index (χ4n) is 7.96. The molecule has 0 unspecified atom stereocenters. The second-order valence-corrected chi connectivity index (χ2v) is 14.7. The molecule has 3 aromatic rings. The smallest absolute Gasteiger partial charge is 0.410 e. The van der Waals surface area contributed by atoms with Gasteiger partial charge in [0.15, 0.2) is 0 Å². The summed E-state index contributed by atoms with van der Waals surface area (Å²) in [5, 5.41) is 0.719. The predicted octanol–water partition coefficient (Wildman–Crippen LogP) is 6.28. The van der Waals surface area contributed by atoms with Crippen LogP contribution >= 0.6 is 27.5 Å². The van der Waals surface area contributed by atoms with E-state index in [1.165, 1.54) is 23.1 Å². The zero-order valence-corrected chi connectivity index (χ0v) is 28.5. The second-order valence-electron chi connectivity index (χ2n) is 13.3. The van der Waals surface area contributed by atoms with Crippen LogP contribution in [0.5, 0.6) is 0 Å². The number of halogens is 2. The molecule has 1 saturated carbocycles. The minimum absolute atomic E-state index is 0.00886. The van der Waals surface area contributed by atoms with Gasteiger partial charge in [-0.1, -0.05) is 24.1 Å². The van der Waals surface area contributed by atoms with Gasteiger partial charge in [-0.15, -0.1) is 0 Å². The van der Waals surface area contributed by atoms with E-state index in [-0.39, 0.29) is 24.1 Å². The van der Waals surface area contributed by atoms with E-state index < -0.39 is 6.04 Å². The van der Waals surface area contributed by atoms with E-state index in [0.717, 1.165) is 73.1 Å². The number of fused-ring (bicyclic) bond motifs is 2. The lowest BCUT2D eigenvalue weighted by Gasteiger charge is -2.45. The number of likely N-dealkylation sites (tertiary alicyclic amines) is 1. The molecular weight excluding hydrogens is 668 g/mol. The molecule has 46 heavy (non-hydrogen) atoms. The highest BCUT2D eigenvalue weighted by atomic mass is 79.9.